The molecule has 6 heteroatoms. The second-order valence-electron chi connectivity index (χ2n) is 4.08. The predicted molar refractivity (Wildman–Crippen MR) is 88.6 cm³/mol. The van der Waals surface area contributed by atoms with Crippen LogP contribution < -0.4 is 5.43 Å². The first-order chi connectivity index (χ1) is 10.2. The number of hydrazone groups is 1. The lowest BCUT2D eigenvalue weighted by Gasteiger charge is -2.00. The molecule has 0 spiro atoms. The van der Waals surface area contributed by atoms with Crippen molar-refractivity contribution < 1.29 is 4.92 Å². The number of hydrogen-bond acceptors (Lipinski definition) is 4. The number of benzene rings is 2. The maximum Gasteiger partial charge on any atom is 0.294 e. The number of nitrogens with zero attached hydrogens (tertiary/aromatic N) is 2. The highest BCUT2D eigenvalue weighted by molar-refractivity contribution is 9.12. The fourth-order valence-corrected chi connectivity index (χ4v) is 2.00. The van der Waals surface area contributed by atoms with E-state index in [9.17, 15) is 10.1 Å². The maximum atomic E-state index is 10.9. The third-order valence-corrected chi connectivity index (χ3v) is 3.01. The molecular weight excluding hydrogens is 334 g/mol. The molecule has 106 valence electrons. The molecule has 0 unspecified atom stereocenters. The van der Waals surface area contributed by atoms with Crippen LogP contribution in [0.25, 0.3) is 6.08 Å². The molecule has 1 N–H and O–H groups in total. The van der Waals surface area contributed by atoms with Crippen LogP contribution in [0.4, 0.5) is 11.4 Å². The van der Waals surface area contributed by atoms with Gasteiger partial charge in [-0.3, -0.25) is 15.5 Å². The number of nitrogens with one attached hydrogen (secondary N) is 1. The topological polar surface area (TPSA) is 67.5 Å². The van der Waals surface area contributed by atoms with Crippen molar-refractivity contribution in [1.29, 1.82) is 0 Å². The molecule has 0 aliphatic rings. The van der Waals surface area contributed by atoms with E-state index < -0.39 is 4.92 Å². The molecule has 5 nitrogen and oxygen atoms in total. The molecule has 0 atom stereocenters. The van der Waals surface area contributed by atoms with Crippen molar-refractivity contribution in [1.82, 2.24) is 0 Å². The molecule has 0 bridgehead atoms. The van der Waals surface area contributed by atoms with Gasteiger partial charge in [0.1, 0.15) is 5.69 Å². The fraction of sp³-hybridized carbons (Fsp3) is 0. The molecule has 0 aromatic heterocycles. The average Bonchev–Trinajstić information content (AvgIpc) is 2.48. The summed E-state index contributed by atoms with van der Waals surface area (Å²) in [7, 11) is 0. The number of para-hydroxylation sites is 2. The Morgan fingerprint density at radius 1 is 1.14 bits per heavy atom. The van der Waals surface area contributed by atoms with Crippen molar-refractivity contribution in [2.45, 2.75) is 0 Å². The molecule has 0 saturated heterocycles. The van der Waals surface area contributed by atoms with Gasteiger partial charge < -0.3 is 0 Å². The van der Waals surface area contributed by atoms with Crippen molar-refractivity contribution in [2.75, 3.05) is 5.43 Å². The molecule has 21 heavy (non-hydrogen) atoms. The van der Waals surface area contributed by atoms with Crippen molar-refractivity contribution in [3.05, 3.63) is 74.8 Å². The summed E-state index contributed by atoms with van der Waals surface area (Å²) in [6.07, 6.45) is 3.44. The Hall–Kier alpha value is -2.47. The van der Waals surface area contributed by atoms with E-state index in [1.165, 1.54) is 6.07 Å². The lowest BCUT2D eigenvalue weighted by molar-refractivity contribution is -0.384. The van der Waals surface area contributed by atoms with E-state index in [1.54, 1.807) is 24.4 Å². The zero-order valence-corrected chi connectivity index (χ0v) is 12.5. The van der Waals surface area contributed by atoms with Crippen LogP contribution in [0.5, 0.6) is 0 Å². The largest absolute Gasteiger partial charge is 0.294 e. The van der Waals surface area contributed by atoms with Gasteiger partial charge in [-0.2, -0.15) is 5.10 Å². The zero-order chi connectivity index (χ0) is 15.1. The minimum Gasteiger partial charge on any atom is -0.272 e. The van der Waals surface area contributed by atoms with E-state index >= 15 is 0 Å². The molecule has 0 heterocycles. The van der Waals surface area contributed by atoms with Crippen LogP contribution in [0.1, 0.15) is 5.56 Å². The number of allylic oxidation sites excluding steroid dienone is 1. The summed E-state index contributed by atoms with van der Waals surface area (Å²) in [5, 5.41) is 14.8. The smallest absolute Gasteiger partial charge is 0.272 e. The standard InChI is InChI=1S/C15H12BrN3O2/c16-13(10-12-6-2-1-3-7-12)11-17-18-14-8-4-5-9-15(14)19(20)21/h1-11,18H/b13-10-,17-11+. The summed E-state index contributed by atoms with van der Waals surface area (Å²) in [5.74, 6) is 0. The minimum atomic E-state index is -0.452. The van der Waals surface area contributed by atoms with E-state index in [0.717, 1.165) is 10.0 Å². The second kappa shape index (κ2) is 7.35. The van der Waals surface area contributed by atoms with Gasteiger partial charge in [-0.1, -0.05) is 42.5 Å². The number of hydrogen-bond donors (Lipinski definition) is 1. The van der Waals surface area contributed by atoms with E-state index in [0.29, 0.717) is 5.69 Å². The Bertz CT molecular complexity index is 684. The summed E-state index contributed by atoms with van der Waals surface area (Å²) in [6.45, 7) is 0. The Morgan fingerprint density at radius 3 is 2.52 bits per heavy atom. The van der Waals surface area contributed by atoms with Crippen LogP contribution >= 0.6 is 15.9 Å². The highest BCUT2D eigenvalue weighted by Gasteiger charge is 2.10. The molecular formula is C15H12BrN3O2. The van der Waals surface area contributed by atoms with Gasteiger partial charge >= 0.3 is 0 Å². The van der Waals surface area contributed by atoms with Crippen LogP contribution in [0.3, 0.4) is 0 Å². The van der Waals surface area contributed by atoms with E-state index in [2.05, 4.69) is 26.5 Å². The summed E-state index contributed by atoms with van der Waals surface area (Å²) in [6, 6.07) is 16.1. The van der Waals surface area contributed by atoms with Crippen molar-refractivity contribution >= 4 is 39.6 Å². The molecule has 0 amide bonds. The average molecular weight is 346 g/mol. The Morgan fingerprint density at radius 2 is 1.81 bits per heavy atom. The van der Waals surface area contributed by atoms with Gasteiger partial charge in [0.15, 0.2) is 0 Å². The lowest BCUT2D eigenvalue weighted by atomic mass is 10.2. The SMILES string of the molecule is O=[N+]([O-])c1ccccc1N/N=C/C(Br)=C/c1ccccc1. The first-order valence-electron chi connectivity index (χ1n) is 6.11. The van der Waals surface area contributed by atoms with E-state index in [-0.39, 0.29) is 5.69 Å². The fourth-order valence-electron chi connectivity index (χ4n) is 1.64. The molecule has 2 rings (SSSR count). The Balaban J connectivity index is 2.06. The van der Waals surface area contributed by atoms with Gasteiger partial charge in [0, 0.05) is 10.5 Å². The number of halogens is 1. The van der Waals surface area contributed by atoms with Gasteiger partial charge in [-0.15, -0.1) is 0 Å². The highest BCUT2D eigenvalue weighted by Crippen LogP contribution is 2.23. The minimum absolute atomic E-state index is 0.0159. The maximum absolute atomic E-state index is 10.9. The summed E-state index contributed by atoms with van der Waals surface area (Å²) in [5.41, 5.74) is 4.03. The number of nitro benzene ring substituents is 1. The third kappa shape index (κ3) is 4.54. The lowest BCUT2D eigenvalue weighted by Crippen LogP contribution is -1.96. The van der Waals surface area contributed by atoms with E-state index in [4.69, 9.17) is 0 Å². The summed E-state index contributed by atoms with van der Waals surface area (Å²) in [4.78, 5) is 10.4. The number of anilines is 1. The first kappa shape index (κ1) is 14.9. The quantitative estimate of drug-likeness (QED) is 0.495. The predicted octanol–water partition coefficient (Wildman–Crippen LogP) is 4.43. The number of nitro groups is 1. The molecule has 2 aromatic carbocycles. The van der Waals surface area contributed by atoms with Gasteiger partial charge in [-0.25, -0.2) is 0 Å². The van der Waals surface area contributed by atoms with Gasteiger partial charge in [0.2, 0.25) is 0 Å². The third-order valence-electron chi connectivity index (χ3n) is 2.58. The molecule has 0 saturated carbocycles. The monoisotopic (exact) mass is 345 g/mol. The molecule has 0 aliphatic heterocycles. The normalized spacial score (nSPS) is 11.6. The molecule has 0 radical (unpaired) electrons. The van der Waals surface area contributed by atoms with Crippen LogP contribution in [0, 0.1) is 10.1 Å². The van der Waals surface area contributed by atoms with Gasteiger partial charge in [-0.05, 0) is 33.6 Å². The molecule has 0 fully saturated rings. The van der Waals surface area contributed by atoms with Crippen molar-refractivity contribution in [3.63, 3.8) is 0 Å². The van der Waals surface area contributed by atoms with E-state index in [1.807, 2.05) is 36.4 Å². The Labute approximate surface area is 130 Å². The van der Waals surface area contributed by atoms with Crippen LogP contribution in [0.2, 0.25) is 0 Å². The summed E-state index contributed by atoms with van der Waals surface area (Å²) < 4.78 is 0.750. The zero-order valence-electron chi connectivity index (χ0n) is 10.9. The molecule has 0 aliphatic carbocycles. The van der Waals surface area contributed by atoms with Crippen LogP contribution in [0.15, 0.2) is 64.2 Å². The highest BCUT2D eigenvalue weighted by atomic mass is 79.9. The Kier molecular flexibility index (Phi) is 5.22. The van der Waals surface area contributed by atoms with Gasteiger partial charge in [0.05, 0.1) is 11.1 Å². The number of rotatable bonds is 5. The molecule has 2 aromatic rings. The van der Waals surface area contributed by atoms with Crippen LogP contribution in [-0.4, -0.2) is 11.1 Å². The first-order valence-corrected chi connectivity index (χ1v) is 6.91. The van der Waals surface area contributed by atoms with Crippen molar-refractivity contribution in [2.24, 2.45) is 5.10 Å². The second-order valence-corrected chi connectivity index (χ2v) is 5.00. The van der Waals surface area contributed by atoms with Crippen LogP contribution in [-0.2, 0) is 0 Å². The summed E-state index contributed by atoms with van der Waals surface area (Å²) >= 11 is 3.37. The van der Waals surface area contributed by atoms with Gasteiger partial charge in [0.25, 0.3) is 5.69 Å². The van der Waals surface area contributed by atoms with Crippen molar-refractivity contribution in [3.8, 4) is 0 Å².